The van der Waals surface area contributed by atoms with Crippen molar-refractivity contribution < 1.29 is 19.4 Å². The first-order valence-corrected chi connectivity index (χ1v) is 7.74. The van der Waals surface area contributed by atoms with Gasteiger partial charge in [-0.2, -0.15) is 5.10 Å². The second kappa shape index (κ2) is 7.02. The van der Waals surface area contributed by atoms with Crippen LogP contribution in [0.5, 0.6) is 0 Å². The van der Waals surface area contributed by atoms with Crippen molar-refractivity contribution in [2.45, 2.75) is 72.6 Å². The summed E-state index contributed by atoms with van der Waals surface area (Å²) in [4.78, 5) is 23.5. The molecular formula is C16H27N3O4. The Balaban J connectivity index is 3.02. The van der Waals surface area contributed by atoms with E-state index >= 15 is 0 Å². The molecule has 0 spiro atoms. The Labute approximate surface area is 137 Å². The quantitative estimate of drug-likeness (QED) is 0.868. The topological polar surface area (TPSA) is 93.5 Å². The third kappa shape index (κ3) is 4.71. The molecule has 7 heteroatoms. The van der Waals surface area contributed by atoms with Crippen LogP contribution in [0.25, 0.3) is 0 Å². The highest BCUT2D eigenvalue weighted by molar-refractivity contribution is 5.80. The van der Waals surface area contributed by atoms with E-state index in [9.17, 15) is 14.7 Å². The number of carbonyl (C=O) groups is 2. The molecule has 0 bridgehead atoms. The molecule has 0 aliphatic heterocycles. The minimum absolute atomic E-state index is 0.543. The van der Waals surface area contributed by atoms with Gasteiger partial charge in [-0.25, -0.2) is 9.59 Å². The van der Waals surface area contributed by atoms with Crippen LogP contribution in [0.15, 0.2) is 0 Å². The van der Waals surface area contributed by atoms with Crippen molar-refractivity contribution in [3.05, 3.63) is 17.0 Å². The predicted molar refractivity (Wildman–Crippen MR) is 86.6 cm³/mol. The molecule has 2 unspecified atom stereocenters. The third-order valence-electron chi connectivity index (χ3n) is 3.63. The van der Waals surface area contributed by atoms with E-state index in [0.29, 0.717) is 0 Å². The van der Waals surface area contributed by atoms with Crippen molar-refractivity contribution in [2.24, 2.45) is 0 Å². The second-order valence-corrected chi connectivity index (χ2v) is 6.65. The Kier molecular flexibility index (Phi) is 5.80. The van der Waals surface area contributed by atoms with E-state index in [2.05, 4.69) is 10.4 Å². The monoisotopic (exact) mass is 325 g/mol. The lowest BCUT2D eigenvalue weighted by Gasteiger charge is -2.25. The van der Waals surface area contributed by atoms with Crippen molar-refractivity contribution in [2.75, 3.05) is 0 Å². The molecule has 0 saturated carbocycles. The van der Waals surface area contributed by atoms with Gasteiger partial charge < -0.3 is 15.2 Å². The number of nitrogens with zero attached hydrogens (tertiary/aromatic N) is 2. The van der Waals surface area contributed by atoms with Crippen molar-refractivity contribution in [1.29, 1.82) is 0 Å². The number of rotatable bonds is 5. The summed E-state index contributed by atoms with van der Waals surface area (Å²) >= 11 is 0. The van der Waals surface area contributed by atoms with Crippen molar-refractivity contribution in [1.82, 2.24) is 15.1 Å². The van der Waals surface area contributed by atoms with Crippen LogP contribution in [0.2, 0.25) is 0 Å². The summed E-state index contributed by atoms with van der Waals surface area (Å²) in [7, 11) is 0. The number of hydrogen-bond acceptors (Lipinski definition) is 4. The highest BCUT2D eigenvalue weighted by atomic mass is 16.6. The number of amides is 1. The standard InChI is InChI=1S/C16H27N3O4/c1-8-12-9(2)18-19(10(12)3)11(4)13(14(20)21)17-15(22)23-16(5,6)7/h11,13H,8H2,1-7H3,(H,17,22)(H,20,21). The van der Waals surface area contributed by atoms with Crippen LogP contribution in [-0.4, -0.2) is 38.6 Å². The first kappa shape index (κ1) is 19.0. The summed E-state index contributed by atoms with van der Waals surface area (Å²) in [5.74, 6) is -1.13. The molecule has 2 N–H and O–H groups in total. The first-order chi connectivity index (χ1) is 10.5. The maximum Gasteiger partial charge on any atom is 0.408 e. The lowest BCUT2D eigenvalue weighted by Crippen LogP contribution is -2.47. The van der Waals surface area contributed by atoms with Crippen LogP contribution in [-0.2, 0) is 16.0 Å². The Morgan fingerprint density at radius 3 is 2.30 bits per heavy atom. The molecule has 0 aliphatic carbocycles. The maximum atomic E-state index is 11.9. The number of carbonyl (C=O) groups excluding carboxylic acids is 1. The number of aromatic nitrogens is 2. The number of carboxylic acid groups (broad SMARTS) is 1. The number of aliphatic carboxylic acids is 1. The summed E-state index contributed by atoms with van der Waals surface area (Å²) in [6.07, 6.45) is 0.0655. The van der Waals surface area contributed by atoms with Crippen LogP contribution in [0.1, 0.15) is 57.6 Å². The molecule has 1 amide bonds. The van der Waals surface area contributed by atoms with E-state index in [4.69, 9.17) is 4.74 Å². The average molecular weight is 325 g/mol. The molecule has 0 fully saturated rings. The zero-order valence-electron chi connectivity index (χ0n) is 14.9. The van der Waals surface area contributed by atoms with Gasteiger partial charge in [0, 0.05) is 5.69 Å². The van der Waals surface area contributed by atoms with Crippen LogP contribution in [0.4, 0.5) is 4.79 Å². The lowest BCUT2D eigenvalue weighted by molar-refractivity contribution is -0.140. The zero-order valence-corrected chi connectivity index (χ0v) is 14.9. The van der Waals surface area contributed by atoms with Gasteiger partial charge in [0.05, 0.1) is 11.7 Å². The van der Waals surface area contributed by atoms with Crippen LogP contribution in [0.3, 0.4) is 0 Å². The van der Waals surface area contributed by atoms with Gasteiger partial charge in [-0.1, -0.05) is 6.92 Å². The van der Waals surface area contributed by atoms with E-state index in [1.165, 1.54) is 0 Å². The van der Waals surface area contributed by atoms with E-state index in [1.807, 2.05) is 20.8 Å². The van der Waals surface area contributed by atoms with E-state index < -0.39 is 29.7 Å². The molecular weight excluding hydrogens is 298 g/mol. The van der Waals surface area contributed by atoms with Gasteiger partial charge in [0.25, 0.3) is 0 Å². The third-order valence-corrected chi connectivity index (χ3v) is 3.63. The first-order valence-electron chi connectivity index (χ1n) is 7.74. The van der Waals surface area contributed by atoms with E-state index in [-0.39, 0.29) is 0 Å². The lowest BCUT2D eigenvalue weighted by atomic mass is 10.1. The Morgan fingerprint density at radius 2 is 1.91 bits per heavy atom. The molecule has 0 aromatic carbocycles. The number of alkyl carbamates (subject to hydrolysis) is 1. The van der Waals surface area contributed by atoms with E-state index in [1.54, 1.807) is 32.4 Å². The minimum Gasteiger partial charge on any atom is -0.480 e. The molecule has 1 rings (SSSR count). The normalized spacial score (nSPS) is 14.2. The van der Waals surface area contributed by atoms with Gasteiger partial charge in [0.2, 0.25) is 0 Å². The number of carboxylic acids is 1. The molecule has 130 valence electrons. The summed E-state index contributed by atoms with van der Waals surface area (Å²) in [6.45, 7) is 12.7. The summed E-state index contributed by atoms with van der Waals surface area (Å²) in [5.41, 5.74) is 2.19. The minimum atomic E-state index is -1.13. The van der Waals surface area contributed by atoms with Gasteiger partial charge >= 0.3 is 12.1 Å². The molecule has 1 heterocycles. The molecule has 0 radical (unpaired) electrons. The predicted octanol–water partition coefficient (Wildman–Crippen LogP) is 2.60. The number of ether oxygens (including phenoxy) is 1. The molecule has 0 saturated heterocycles. The highest BCUT2D eigenvalue weighted by Crippen LogP contribution is 2.20. The van der Waals surface area contributed by atoms with Gasteiger partial charge in [-0.15, -0.1) is 0 Å². The highest BCUT2D eigenvalue weighted by Gasteiger charge is 2.31. The number of aryl methyl sites for hydroxylation is 1. The van der Waals surface area contributed by atoms with Crippen LogP contribution < -0.4 is 5.32 Å². The zero-order chi connectivity index (χ0) is 17.9. The summed E-state index contributed by atoms with van der Waals surface area (Å²) < 4.78 is 6.80. The molecule has 0 aliphatic rings. The second-order valence-electron chi connectivity index (χ2n) is 6.65. The van der Waals surface area contributed by atoms with Crippen LogP contribution >= 0.6 is 0 Å². The number of hydrogen-bond donors (Lipinski definition) is 2. The largest absolute Gasteiger partial charge is 0.480 e. The smallest absolute Gasteiger partial charge is 0.408 e. The van der Waals surface area contributed by atoms with Crippen LogP contribution in [0, 0.1) is 13.8 Å². The Bertz CT molecular complexity index is 587. The summed E-state index contributed by atoms with van der Waals surface area (Å²) in [6, 6.07) is -1.67. The van der Waals surface area contributed by atoms with Crippen molar-refractivity contribution in [3.63, 3.8) is 0 Å². The van der Waals surface area contributed by atoms with Gasteiger partial charge in [-0.05, 0) is 53.5 Å². The maximum absolute atomic E-state index is 11.9. The average Bonchev–Trinajstić information content (AvgIpc) is 2.67. The van der Waals surface area contributed by atoms with Gasteiger partial charge in [0.15, 0.2) is 6.04 Å². The molecule has 1 aromatic rings. The fraction of sp³-hybridized carbons (Fsp3) is 0.688. The Hall–Kier alpha value is -2.05. The molecule has 1 aromatic heterocycles. The van der Waals surface area contributed by atoms with E-state index in [0.717, 1.165) is 23.4 Å². The summed E-state index contributed by atoms with van der Waals surface area (Å²) in [5, 5.41) is 16.3. The fourth-order valence-corrected chi connectivity index (χ4v) is 2.57. The van der Waals surface area contributed by atoms with Crippen molar-refractivity contribution in [3.8, 4) is 0 Å². The molecule has 7 nitrogen and oxygen atoms in total. The molecule has 2 atom stereocenters. The fourth-order valence-electron chi connectivity index (χ4n) is 2.57. The SMILES string of the molecule is CCc1c(C)nn(C(C)C(NC(=O)OC(C)(C)C)C(=O)O)c1C. The van der Waals surface area contributed by atoms with Gasteiger partial charge in [0.1, 0.15) is 5.60 Å². The molecule has 23 heavy (non-hydrogen) atoms. The van der Waals surface area contributed by atoms with Crippen molar-refractivity contribution >= 4 is 12.1 Å². The Morgan fingerprint density at radius 1 is 1.35 bits per heavy atom. The number of nitrogens with one attached hydrogen (secondary N) is 1. The van der Waals surface area contributed by atoms with Gasteiger partial charge in [-0.3, -0.25) is 4.68 Å².